The quantitative estimate of drug-likeness (QED) is 0.550. The maximum absolute atomic E-state index is 12.1. The van der Waals surface area contributed by atoms with Crippen LogP contribution in [0.1, 0.15) is 0 Å². The number of carbonyl (C=O) groups is 1. The lowest BCUT2D eigenvalue weighted by Crippen LogP contribution is -2.28. The normalized spacial score (nSPS) is 10.9. The molecule has 0 amide bonds. The van der Waals surface area contributed by atoms with Crippen LogP contribution >= 0.6 is 23.2 Å². The number of halogens is 5. The fourth-order valence-corrected chi connectivity index (χ4v) is 1.90. The van der Waals surface area contributed by atoms with Gasteiger partial charge in [-0.05, 0) is 54.6 Å². The number of hydrogen-bond donors (Lipinski definition) is 0. The summed E-state index contributed by atoms with van der Waals surface area (Å²) in [4.78, 5) is 10.8. The molecule has 0 aliphatic heterocycles. The minimum absolute atomic E-state index is 0.116. The van der Waals surface area contributed by atoms with Crippen LogP contribution in [0, 0.1) is 0 Å². The molecule has 144 valence electrons. The molecule has 0 aromatic heterocycles. The minimum Gasteiger partial charge on any atom is -0.489 e. The highest BCUT2D eigenvalue weighted by molar-refractivity contribution is 6.55. The standard InChI is InChI=1S/C18H13Cl2F3O4/c19-17(20)9-10-25-12-1-5-14(6-2-12)27-15-7-3-13(4-8-15)26-11-16(24)18(21,22)23/h1-9H,10-11H2. The van der Waals surface area contributed by atoms with Crippen LogP contribution in [-0.4, -0.2) is 25.2 Å². The van der Waals surface area contributed by atoms with Crippen LogP contribution in [0.3, 0.4) is 0 Å². The van der Waals surface area contributed by atoms with Crippen molar-refractivity contribution in [1.29, 1.82) is 0 Å². The van der Waals surface area contributed by atoms with E-state index in [0.29, 0.717) is 17.2 Å². The molecule has 0 N–H and O–H groups in total. The topological polar surface area (TPSA) is 44.8 Å². The maximum atomic E-state index is 12.1. The Labute approximate surface area is 163 Å². The number of hydrogen-bond acceptors (Lipinski definition) is 4. The Morgan fingerprint density at radius 1 is 0.852 bits per heavy atom. The molecule has 0 aliphatic carbocycles. The van der Waals surface area contributed by atoms with Gasteiger partial charge in [0.25, 0.3) is 5.78 Å². The first kappa shape index (κ1) is 20.9. The van der Waals surface area contributed by atoms with Gasteiger partial charge in [0.15, 0.2) is 6.61 Å². The van der Waals surface area contributed by atoms with Crippen molar-refractivity contribution in [2.75, 3.05) is 13.2 Å². The second-order valence-corrected chi connectivity index (χ2v) is 6.07. The zero-order valence-corrected chi connectivity index (χ0v) is 15.1. The molecule has 0 aliphatic rings. The summed E-state index contributed by atoms with van der Waals surface area (Å²) in [5.74, 6) is -0.279. The van der Waals surface area contributed by atoms with E-state index in [2.05, 4.69) is 0 Å². The van der Waals surface area contributed by atoms with Gasteiger partial charge in [-0.2, -0.15) is 13.2 Å². The van der Waals surface area contributed by atoms with Crippen molar-refractivity contribution in [2.24, 2.45) is 0 Å². The van der Waals surface area contributed by atoms with Crippen molar-refractivity contribution in [1.82, 2.24) is 0 Å². The molecule has 0 saturated carbocycles. The van der Waals surface area contributed by atoms with Crippen molar-refractivity contribution >= 4 is 29.0 Å². The van der Waals surface area contributed by atoms with Crippen molar-refractivity contribution < 1.29 is 32.2 Å². The Bertz CT molecular complexity index is 784. The summed E-state index contributed by atoms with van der Waals surface area (Å²) in [6, 6.07) is 12.5. The van der Waals surface area contributed by atoms with Gasteiger partial charge in [0.05, 0.1) is 0 Å². The molecule has 4 nitrogen and oxygen atoms in total. The molecule has 2 aromatic carbocycles. The first-order valence-corrected chi connectivity index (χ1v) is 8.24. The van der Waals surface area contributed by atoms with Crippen molar-refractivity contribution in [3.8, 4) is 23.0 Å². The molecule has 0 heterocycles. The van der Waals surface area contributed by atoms with Crippen molar-refractivity contribution in [2.45, 2.75) is 6.18 Å². The van der Waals surface area contributed by atoms with Gasteiger partial charge in [0.1, 0.15) is 34.1 Å². The van der Waals surface area contributed by atoms with E-state index in [1.165, 1.54) is 30.3 Å². The van der Waals surface area contributed by atoms with E-state index in [1.54, 1.807) is 24.3 Å². The van der Waals surface area contributed by atoms with E-state index >= 15 is 0 Å². The number of ketones is 1. The second kappa shape index (κ2) is 9.53. The third kappa shape index (κ3) is 7.40. The van der Waals surface area contributed by atoms with Crippen LogP contribution in [0.2, 0.25) is 0 Å². The van der Waals surface area contributed by atoms with E-state index in [0.717, 1.165) is 0 Å². The summed E-state index contributed by atoms with van der Waals surface area (Å²) in [7, 11) is 0. The average molecular weight is 421 g/mol. The summed E-state index contributed by atoms with van der Waals surface area (Å²) in [6.45, 7) is -0.851. The molecule has 0 bridgehead atoms. The monoisotopic (exact) mass is 420 g/mol. The molecule has 9 heteroatoms. The maximum Gasteiger partial charge on any atom is 0.453 e. The zero-order chi connectivity index (χ0) is 19.9. The molecule has 0 unspecified atom stereocenters. The predicted molar refractivity (Wildman–Crippen MR) is 94.8 cm³/mol. The highest BCUT2D eigenvalue weighted by Gasteiger charge is 2.38. The lowest BCUT2D eigenvalue weighted by Gasteiger charge is -2.10. The molecule has 2 aromatic rings. The minimum atomic E-state index is -4.91. The van der Waals surface area contributed by atoms with Crippen LogP contribution in [0.25, 0.3) is 0 Å². The number of ether oxygens (including phenoxy) is 3. The first-order valence-electron chi connectivity index (χ1n) is 7.49. The van der Waals surface area contributed by atoms with Crippen LogP contribution in [-0.2, 0) is 4.79 Å². The molecular formula is C18H13Cl2F3O4. The third-order valence-electron chi connectivity index (χ3n) is 3.06. The SMILES string of the molecule is O=C(COc1ccc(Oc2ccc(OCC=C(Cl)Cl)cc2)cc1)C(F)(F)F. The Balaban J connectivity index is 1.87. The Kier molecular flexibility index (Phi) is 7.38. The summed E-state index contributed by atoms with van der Waals surface area (Å²) < 4.78 is 52.3. The molecular weight excluding hydrogens is 408 g/mol. The number of Topliss-reactive ketones (excluding diaryl/α,β-unsaturated/α-hetero) is 1. The lowest BCUT2D eigenvalue weighted by molar-refractivity contribution is -0.173. The first-order chi connectivity index (χ1) is 12.7. The molecule has 0 saturated heterocycles. The van der Waals surface area contributed by atoms with Crippen LogP contribution < -0.4 is 14.2 Å². The zero-order valence-electron chi connectivity index (χ0n) is 13.6. The van der Waals surface area contributed by atoms with Gasteiger partial charge in [-0.25, -0.2) is 0 Å². The molecule has 0 fully saturated rings. The van der Waals surface area contributed by atoms with Gasteiger partial charge in [-0.3, -0.25) is 4.79 Å². The van der Waals surface area contributed by atoms with Gasteiger partial charge < -0.3 is 14.2 Å². The third-order valence-corrected chi connectivity index (χ3v) is 3.37. The summed E-state index contributed by atoms with van der Waals surface area (Å²) in [5.41, 5.74) is 0. The Morgan fingerprint density at radius 3 is 1.74 bits per heavy atom. The van der Waals surface area contributed by atoms with Gasteiger partial charge in [-0.1, -0.05) is 23.2 Å². The van der Waals surface area contributed by atoms with Crippen LogP contribution in [0.5, 0.6) is 23.0 Å². The molecule has 27 heavy (non-hydrogen) atoms. The van der Waals surface area contributed by atoms with Gasteiger partial charge in [-0.15, -0.1) is 0 Å². The molecule has 0 radical (unpaired) electrons. The average Bonchev–Trinajstić information content (AvgIpc) is 2.61. The summed E-state index contributed by atoms with van der Waals surface area (Å²) >= 11 is 11.0. The van der Waals surface area contributed by atoms with Crippen molar-refractivity contribution in [3.05, 3.63) is 59.1 Å². The van der Waals surface area contributed by atoms with Gasteiger partial charge in [0.2, 0.25) is 0 Å². The number of carbonyl (C=O) groups excluding carboxylic acids is 1. The highest BCUT2D eigenvalue weighted by atomic mass is 35.5. The molecule has 2 rings (SSSR count). The molecule has 0 spiro atoms. The van der Waals surface area contributed by atoms with E-state index in [1.807, 2.05) is 0 Å². The smallest absolute Gasteiger partial charge is 0.453 e. The van der Waals surface area contributed by atoms with Gasteiger partial charge in [0, 0.05) is 0 Å². The fraction of sp³-hybridized carbons (Fsp3) is 0.167. The number of alkyl halides is 3. The Morgan fingerprint density at radius 2 is 1.30 bits per heavy atom. The Hall–Kier alpha value is -2.38. The van der Waals surface area contributed by atoms with E-state index in [-0.39, 0.29) is 16.8 Å². The largest absolute Gasteiger partial charge is 0.489 e. The van der Waals surface area contributed by atoms with E-state index in [4.69, 9.17) is 37.4 Å². The van der Waals surface area contributed by atoms with Gasteiger partial charge >= 0.3 is 6.18 Å². The lowest BCUT2D eigenvalue weighted by atomic mass is 10.3. The number of benzene rings is 2. The van der Waals surface area contributed by atoms with Crippen LogP contribution in [0.4, 0.5) is 13.2 Å². The highest BCUT2D eigenvalue weighted by Crippen LogP contribution is 2.26. The second-order valence-electron chi connectivity index (χ2n) is 5.06. The summed E-state index contributed by atoms with van der Waals surface area (Å²) in [6.07, 6.45) is -3.41. The van der Waals surface area contributed by atoms with Crippen LogP contribution in [0.15, 0.2) is 59.1 Å². The van der Waals surface area contributed by atoms with E-state index in [9.17, 15) is 18.0 Å². The fourth-order valence-electron chi connectivity index (χ4n) is 1.78. The van der Waals surface area contributed by atoms with E-state index < -0.39 is 18.6 Å². The number of rotatable bonds is 8. The summed E-state index contributed by atoms with van der Waals surface area (Å²) in [5, 5.41) is 0. The predicted octanol–water partition coefficient (Wildman–Crippen LogP) is 5.69. The van der Waals surface area contributed by atoms with Crippen molar-refractivity contribution in [3.63, 3.8) is 0 Å². The molecule has 0 atom stereocenters.